The molecule has 1 unspecified atom stereocenters. The number of nitrogens with zero attached hydrogens (tertiary/aromatic N) is 2. The summed E-state index contributed by atoms with van der Waals surface area (Å²) in [6.45, 7) is 4.45. The third kappa shape index (κ3) is 4.07. The van der Waals surface area contributed by atoms with Crippen molar-refractivity contribution in [2.24, 2.45) is 16.0 Å². The van der Waals surface area contributed by atoms with Gasteiger partial charge in [-0.3, -0.25) is 5.43 Å². The molecule has 2 aromatic carbocycles. The smallest absolute Gasteiger partial charge is 0.178 e. The molecule has 1 N–H and O–H groups in total. The number of hydrazone groups is 1. The fourth-order valence-corrected chi connectivity index (χ4v) is 4.56. The minimum atomic E-state index is -0.378. The average molecular weight is 438 g/mol. The van der Waals surface area contributed by atoms with Gasteiger partial charge in [0.1, 0.15) is 5.54 Å². The minimum absolute atomic E-state index is 0.378. The molecule has 3 nitrogen and oxygen atoms in total. The van der Waals surface area contributed by atoms with Gasteiger partial charge in [-0.15, -0.1) is 0 Å². The fourth-order valence-electron chi connectivity index (χ4n) is 4.30. The second-order valence-electron chi connectivity index (χ2n) is 8.26. The van der Waals surface area contributed by atoms with Crippen LogP contribution in [-0.4, -0.2) is 12.1 Å². The monoisotopic (exact) mass is 437 g/mol. The van der Waals surface area contributed by atoms with E-state index in [1.54, 1.807) is 0 Å². The summed E-state index contributed by atoms with van der Waals surface area (Å²) in [5, 5.41) is 4.54. The summed E-state index contributed by atoms with van der Waals surface area (Å²) < 4.78 is 1.05. The molecule has 1 fully saturated rings. The van der Waals surface area contributed by atoms with Gasteiger partial charge in [0.2, 0.25) is 0 Å². The molecule has 0 radical (unpaired) electrons. The number of rotatable bonds is 4. The zero-order valence-electron chi connectivity index (χ0n) is 16.7. The van der Waals surface area contributed by atoms with E-state index < -0.39 is 0 Å². The number of benzene rings is 2. The highest BCUT2D eigenvalue weighted by Crippen LogP contribution is 2.37. The van der Waals surface area contributed by atoms with E-state index in [0.29, 0.717) is 5.84 Å². The molecule has 2 aromatic rings. The summed E-state index contributed by atoms with van der Waals surface area (Å²) in [6.07, 6.45) is 8.72. The van der Waals surface area contributed by atoms with Gasteiger partial charge in [-0.25, -0.2) is 4.99 Å². The molecule has 4 rings (SSSR count). The molecule has 1 aliphatic carbocycles. The Morgan fingerprint density at radius 2 is 1.68 bits per heavy atom. The molecule has 4 heteroatoms. The third-order valence-electron chi connectivity index (χ3n) is 6.35. The molecule has 28 heavy (non-hydrogen) atoms. The van der Waals surface area contributed by atoms with Gasteiger partial charge in [-0.05, 0) is 67.7 Å². The van der Waals surface area contributed by atoms with Crippen molar-refractivity contribution in [1.29, 1.82) is 0 Å². The van der Waals surface area contributed by atoms with Crippen molar-refractivity contribution in [2.75, 3.05) is 0 Å². The van der Waals surface area contributed by atoms with E-state index in [9.17, 15) is 0 Å². The number of hydrogen-bond donors (Lipinski definition) is 1. The van der Waals surface area contributed by atoms with Crippen LogP contribution in [0.1, 0.15) is 68.6 Å². The predicted octanol–water partition coefficient (Wildman–Crippen LogP) is 6.38. The van der Waals surface area contributed by atoms with Gasteiger partial charge in [-0.2, -0.15) is 5.10 Å². The van der Waals surface area contributed by atoms with Gasteiger partial charge in [0, 0.05) is 16.3 Å². The molecule has 0 saturated heterocycles. The van der Waals surface area contributed by atoms with Gasteiger partial charge in [0.15, 0.2) is 5.84 Å². The predicted molar refractivity (Wildman–Crippen MR) is 121 cm³/mol. The summed E-state index contributed by atoms with van der Waals surface area (Å²) in [4.78, 5) is 4.64. The highest BCUT2D eigenvalue weighted by molar-refractivity contribution is 9.10. The lowest BCUT2D eigenvalue weighted by Crippen LogP contribution is -2.41. The second-order valence-corrected chi connectivity index (χ2v) is 9.18. The topological polar surface area (TPSA) is 36.8 Å². The van der Waals surface area contributed by atoms with Crippen molar-refractivity contribution in [1.82, 2.24) is 5.43 Å². The number of hydrogen-bond acceptors (Lipinski definition) is 3. The standard InChI is InChI=1S/C24H28BrN3/c1-3-17-4-6-18(7-5-17)19-8-12-21(13-9-19)24(2)16-26-23(27-28-24)20-10-14-22(25)15-11-20/h8-18,28H,3-7H2,1-2H3/t17-,18-,24?. The van der Waals surface area contributed by atoms with Crippen molar-refractivity contribution < 1.29 is 0 Å². The van der Waals surface area contributed by atoms with E-state index >= 15 is 0 Å². The first kappa shape index (κ1) is 19.4. The van der Waals surface area contributed by atoms with Crippen LogP contribution in [0.2, 0.25) is 0 Å². The third-order valence-corrected chi connectivity index (χ3v) is 6.88. The maximum Gasteiger partial charge on any atom is 0.178 e. The van der Waals surface area contributed by atoms with E-state index in [-0.39, 0.29) is 5.54 Å². The van der Waals surface area contributed by atoms with Gasteiger partial charge >= 0.3 is 0 Å². The van der Waals surface area contributed by atoms with Gasteiger partial charge < -0.3 is 0 Å². The average Bonchev–Trinajstić information content (AvgIpc) is 2.75. The number of amidine groups is 1. The van der Waals surface area contributed by atoms with Crippen LogP contribution in [0, 0.1) is 5.92 Å². The van der Waals surface area contributed by atoms with E-state index in [1.165, 1.54) is 43.2 Å². The highest BCUT2D eigenvalue weighted by atomic mass is 79.9. The van der Waals surface area contributed by atoms with Crippen LogP contribution >= 0.6 is 15.9 Å². The summed E-state index contributed by atoms with van der Waals surface area (Å²) >= 11 is 3.47. The molecular formula is C24H28BrN3. The molecule has 1 heterocycles. The Bertz CT molecular complexity index is 862. The molecule has 0 bridgehead atoms. The van der Waals surface area contributed by atoms with E-state index in [1.807, 2.05) is 30.5 Å². The molecule has 0 aromatic heterocycles. The first-order chi connectivity index (χ1) is 13.6. The zero-order valence-corrected chi connectivity index (χ0v) is 18.2. The van der Waals surface area contributed by atoms with Gasteiger partial charge in [0.05, 0.1) is 0 Å². The van der Waals surface area contributed by atoms with Crippen LogP contribution in [0.5, 0.6) is 0 Å². The lowest BCUT2D eigenvalue weighted by molar-refractivity contribution is 0.318. The summed E-state index contributed by atoms with van der Waals surface area (Å²) in [5.74, 6) is 2.38. The molecule has 146 valence electrons. The Balaban J connectivity index is 1.45. The maximum absolute atomic E-state index is 4.64. The SMILES string of the molecule is CC[C@H]1CC[C@H](c2ccc(C3(C)C=NC(c4ccc(Br)cc4)=NN3)cc2)CC1. The lowest BCUT2D eigenvalue weighted by Gasteiger charge is -2.30. The summed E-state index contributed by atoms with van der Waals surface area (Å²) in [5.41, 5.74) is 6.62. The van der Waals surface area contributed by atoms with Crippen LogP contribution in [0.25, 0.3) is 0 Å². The Hall–Kier alpha value is -1.94. The largest absolute Gasteiger partial charge is 0.292 e. The van der Waals surface area contributed by atoms with E-state index in [2.05, 4.69) is 69.6 Å². The normalized spacial score (nSPS) is 27.2. The molecule has 0 spiro atoms. The van der Waals surface area contributed by atoms with Crippen molar-refractivity contribution in [2.45, 2.75) is 57.4 Å². The zero-order chi connectivity index (χ0) is 19.6. The summed E-state index contributed by atoms with van der Waals surface area (Å²) in [7, 11) is 0. The number of nitrogens with one attached hydrogen (secondary N) is 1. The van der Waals surface area contributed by atoms with Crippen LogP contribution in [0.4, 0.5) is 0 Å². The first-order valence-corrected chi connectivity index (χ1v) is 11.1. The lowest BCUT2D eigenvalue weighted by atomic mass is 9.77. The summed E-state index contributed by atoms with van der Waals surface area (Å²) in [6, 6.07) is 17.1. The van der Waals surface area contributed by atoms with Crippen molar-refractivity contribution in [3.8, 4) is 0 Å². The van der Waals surface area contributed by atoms with Crippen LogP contribution in [0.15, 0.2) is 63.1 Å². The van der Waals surface area contributed by atoms with Crippen LogP contribution in [-0.2, 0) is 5.54 Å². The first-order valence-electron chi connectivity index (χ1n) is 10.3. The molecule has 1 aliphatic heterocycles. The van der Waals surface area contributed by atoms with Crippen molar-refractivity contribution in [3.05, 3.63) is 69.7 Å². The molecule has 1 saturated carbocycles. The molecular weight excluding hydrogens is 410 g/mol. The molecule has 0 amide bonds. The van der Waals surface area contributed by atoms with Crippen LogP contribution < -0.4 is 5.43 Å². The number of halogens is 1. The number of aliphatic imine (C=N–C) groups is 1. The van der Waals surface area contributed by atoms with Gasteiger partial charge in [0.25, 0.3) is 0 Å². The Labute approximate surface area is 176 Å². The molecule has 1 atom stereocenters. The Morgan fingerprint density at radius 3 is 2.25 bits per heavy atom. The fraction of sp³-hybridized carbons (Fsp3) is 0.417. The quantitative estimate of drug-likeness (QED) is 0.591. The Morgan fingerprint density at radius 1 is 1.00 bits per heavy atom. The molecule has 2 aliphatic rings. The van der Waals surface area contributed by atoms with Crippen LogP contribution in [0.3, 0.4) is 0 Å². The minimum Gasteiger partial charge on any atom is -0.292 e. The van der Waals surface area contributed by atoms with Crippen molar-refractivity contribution in [3.63, 3.8) is 0 Å². The van der Waals surface area contributed by atoms with E-state index in [0.717, 1.165) is 21.9 Å². The maximum atomic E-state index is 4.64. The second kappa shape index (κ2) is 8.20. The Kier molecular flexibility index (Phi) is 5.68. The van der Waals surface area contributed by atoms with Gasteiger partial charge in [-0.1, -0.05) is 65.7 Å². The highest BCUT2D eigenvalue weighted by Gasteiger charge is 2.28. The van der Waals surface area contributed by atoms with E-state index in [4.69, 9.17) is 0 Å². The van der Waals surface area contributed by atoms with Crippen molar-refractivity contribution >= 4 is 28.0 Å².